The van der Waals surface area contributed by atoms with Gasteiger partial charge in [0, 0.05) is 90.5 Å². The van der Waals surface area contributed by atoms with Crippen LogP contribution in [-0.2, 0) is 0 Å². The number of methoxy groups -OCH3 is 5. The Morgan fingerprint density at radius 2 is 0.574 bits per heavy atom. The predicted octanol–water partition coefficient (Wildman–Crippen LogP) is 25.5. The standard InChI is InChI=1S/C24H27F2N5O3.C24H35FN6O2.C17H20ClFN4O2.C10H13Cl2N3O.C7H8FNO.C7H16N2.C7H14O.C3Cl3N3.4CH4/c1-32-20-10-8-16(12-18(20)25)27-22-29-23(28-17-9-11-21(33-2)19(26)13-17)31-24(30-22)34-14-15-6-4-3-5-7-15;1-3-31-13-7-10-19(31)15-26-22-28-23(27-18-11-12-21(32-2)20(25)14-18)30-24(29-22)33-16-17-8-5-4-6-9-17;1-24-14-8-7-12(9-13(14)19)20-16-21-15(18)22-17(23-16)25-10-11-5-3-2-4-6-11;11-8-13-9(12)15-10(14-8)16-6-7-4-2-1-3-5-7;1-10-7-3-2-5(9)4-6(7)8;1-2-9-5-3-4-7(9)6-8;8-6-7-4-2-1-3-5-7;4-1-7-2(5)9-3(6)8-1;;;;/h8-13,15H,3-7,14H2,1-2H3,(H2,27,28,29,30,31);11-12,14,17,19H,3-10,13,15-16H2,1-2H3,(H2,26,27,28,29,30);7-9,11H,2-6,10H2,1H3,(H,20,21,22,23);7H,1-6H2;2-4H,9H2,1H3;7H,2-6,8H2,1H3;7-8H,1-6H2;;4*1H4. The number of likely N-dealkylation sites (tertiary alicyclic amines) is 2. The molecular formula is C103H149Cl6F5N24O10. The van der Waals surface area contributed by atoms with Crippen molar-refractivity contribution in [2.75, 3.05) is 140 Å². The first-order valence-electron chi connectivity index (χ1n) is 49.1. The van der Waals surface area contributed by atoms with Crippen molar-refractivity contribution in [2.24, 2.45) is 35.3 Å². The maximum atomic E-state index is 14.1. The lowest BCUT2D eigenvalue weighted by atomic mass is 9.90. The van der Waals surface area contributed by atoms with E-state index in [4.69, 9.17) is 124 Å². The number of nitrogens with one attached hydrogen (secondary N) is 5. The molecule has 0 bridgehead atoms. The first-order valence-corrected chi connectivity index (χ1v) is 51.3. The van der Waals surface area contributed by atoms with Crippen LogP contribution in [0, 0.1) is 58.7 Å². The first-order chi connectivity index (χ1) is 69.8. The number of halogens is 11. The van der Waals surface area contributed by atoms with E-state index in [0.717, 1.165) is 58.3 Å². The third kappa shape index (κ3) is 44.9. The molecule has 34 nitrogen and oxygen atoms in total. The van der Waals surface area contributed by atoms with Crippen LogP contribution >= 0.6 is 69.6 Å². The number of aromatic nitrogens is 15. The topological polar surface area (TPSA) is 415 Å². The number of ether oxygens (including phenoxy) is 9. The molecule has 10 aromatic rings. The minimum absolute atomic E-state index is 0. The van der Waals surface area contributed by atoms with Crippen LogP contribution in [0.3, 0.4) is 0 Å². The molecule has 7 heterocycles. The largest absolute Gasteiger partial charge is 0.494 e. The molecule has 148 heavy (non-hydrogen) atoms. The van der Waals surface area contributed by atoms with Gasteiger partial charge in [-0.15, -0.1) is 0 Å². The number of likely N-dealkylation sites (N-methyl/N-ethyl adjacent to an activating group) is 2. The molecule has 7 fully saturated rings. The van der Waals surface area contributed by atoms with Crippen LogP contribution in [0.1, 0.15) is 230 Å². The zero-order valence-corrected chi connectivity index (χ0v) is 87.1. The van der Waals surface area contributed by atoms with Crippen molar-refractivity contribution in [1.29, 1.82) is 0 Å². The van der Waals surface area contributed by atoms with Crippen molar-refractivity contribution >= 4 is 128 Å². The Kier molecular flexibility index (Phi) is 58.7. The van der Waals surface area contributed by atoms with E-state index in [9.17, 15) is 22.0 Å². The van der Waals surface area contributed by atoms with E-state index in [1.807, 2.05) is 0 Å². The van der Waals surface area contributed by atoms with Gasteiger partial charge in [0.2, 0.25) is 61.4 Å². The van der Waals surface area contributed by atoms with Crippen molar-refractivity contribution in [1.82, 2.24) is 84.6 Å². The summed E-state index contributed by atoms with van der Waals surface area (Å²) in [6.07, 6.45) is 36.1. The number of rotatable bonds is 32. The molecule has 2 aliphatic heterocycles. The van der Waals surface area contributed by atoms with Gasteiger partial charge in [0.15, 0.2) is 57.8 Å². The highest BCUT2D eigenvalue weighted by molar-refractivity contribution is 6.33. The number of nitrogen functional groups attached to an aromatic ring is 1. The van der Waals surface area contributed by atoms with E-state index in [-0.39, 0.29) is 132 Å². The smallest absolute Gasteiger partial charge is 0.323 e. The molecule has 2 saturated heterocycles. The summed E-state index contributed by atoms with van der Waals surface area (Å²) in [5.41, 5.74) is 13.1. The van der Waals surface area contributed by atoms with Crippen molar-refractivity contribution in [3.05, 3.63) is 152 Å². The zero-order chi connectivity index (χ0) is 103. The number of nitrogens with two attached hydrogens (primary N) is 2. The number of benzene rings is 5. The van der Waals surface area contributed by atoms with E-state index in [2.05, 4.69) is 130 Å². The maximum absolute atomic E-state index is 14.1. The van der Waals surface area contributed by atoms with Crippen molar-refractivity contribution in [2.45, 2.75) is 242 Å². The minimum Gasteiger partial charge on any atom is -0.494 e. The molecule has 5 saturated carbocycles. The Balaban J connectivity index is 0.000000272. The van der Waals surface area contributed by atoms with Crippen LogP contribution in [-0.4, -0.2) is 210 Å². The van der Waals surface area contributed by atoms with E-state index in [1.165, 1.54) is 257 Å². The zero-order valence-electron chi connectivity index (χ0n) is 82.5. The van der Waals surface area contributed by atoms with Gasteiger partial charge in [-0.1, -0.05) is 140 Å². The molecule has 17 rings (SSSR count). The summed E-state index contributed by atoms with van der Waals surface area (Å²) < 4.78 is 116. The molecule has 5 aliphatic carbocycles. The number of nitrogens with zero attached hydrogens (tertiary/aromatic N) is 17. The minimum atomic E-state index is -0.526. The lowest BCUT2D eigenvalue weighted by Crippen LogP contribution is -2.35. The normalized spacial score (nSPS) is 16.2. The summed E-state index contributed by atoms with van der Waals surface area (Å²) in [7, 11) is 7.05. The van der Waals surface area contributed by atoms with Gasteiger partial charge in [-0.25, -0.2) is 22.0 Å². The highest BCUT2D eigenvalue weighted by Crippen LogP contribution is 2.35. The Morgan fingerprint density at radius 3 is 0.858 bits per heavy atom. The molecular weight excluding hydrogens is 2040 g/mol. The molecule has 45 heteroatoms. The number of anilines is 10. The predicted molar refractivity (Wildman–Crippen MR) is 578 cm³/mol. The molecule has 5 aromatic heterocycles. The number of hydrogen-bond acceptors (Lipinski definition) is 34. The number of aliphatic hydroxyl groups excluding tert-OH is 1. The van der Waals surface area contributed by atoms with Crippen LogP contribution in [0.2, 0.25) is 31.7 Å². The lowest BCUT2D eigenvalue weighted by molar-refractivity contribution is 0.190. The summed E-state index contributed by atoms with van der Waals surface area (Å²) in [5, 5.41) is 24.1. The fourth-order valence-corrected chi connectivity index (χ4v) is 18.4. The summed E-state index contributed by atoms with van der Waals surface area (Å²) in [4.78, 5) is 65.3. The third-order valence-electron chi connectivity index (χ3n) is 25.0. The van der Waals surface area contributed by atoms with Crippen molar-refractivity contribution in [3.8, 4) is 52.8 Å². The van der Waals surface area contributed by atoms with Gasteiger partial charge >= 0.3 is 24.0 Å². The fraction of sp³-hybridized carbons (Fsp3) is 0.563. The second-order valence-corrected chi connectivity index (χ2v) is 37.3. The Hall–Kier alpha value is -10.6. The maximum Gasteiger partial charge on any atom is 0.323 e. The highest BCUT2D eigenvalue weighted by Gasteiger charge is 2.27. The molecule has 5 aromatic carbocycles. The third-order valence-corrected chi connectivity index (χ3v) is 26.0. The van der Waals surface area contributed by atoms with Crippen molar-refractivity contribution < 1.29 is 69.7 Å². The molecule has 818 valence electrons. The highest BCUT2D eigenvalue weighted by atomic mass is 35.5. The molecule has 0 radical (unpaired) electrons. The monoisotopic (exact) mass is 2190 g/mol. The molecule has 7 aliphatic rings. The molecule has 2 atom stereocenters. The number of hydrogen-bond donors (Lipinski definition) is 8. The Morgan fingerprint density at radius 1 is 0.318 bits per heavy atom. The summed E-state index contributed by atoms with van der Waals surface area (Å²) >= 11 is 33.2. The Bertz CT molecular complexity index is 5340. The van der Waals surface area contributed by atoms with Crippen LogP contribution in [0.4, 0.5) is 80.1 Å². The molecule has 10 N–H and O–H groups in total. The second-order valence-electron chi connectivity index (χ2n) is 35.2. The van der Waals surface area contributed by atoms with Crippen LogP contribution in [0.15, 0.2) is 91.0 Å². The summed E-state index contributed by atoms with van der Waals surface area (Å²) in [5.74, 6) is 2.42. The fourth-order valence-electron chi connectivity index (χ4n) is 17.3. The Labute approximate surface area is 898 Å². The molecule has 2 unspecified atom stereocenters. The molecule has 0 spiro atoms. The second kappa shape index (κ2) is 69.0. The van der Waals surface area contributed by atoms with Crippen molar-refractivity contribution in [3.63, 3.8) is 0 Å². The lowest BCUT2D eigenvalue weighted by Gasteiger charge is -2.23. The molecule has 0 amide bonds. The SMILES string of the molecule is C.C.C.C.CCN1CCCC1CN.CCN1CCCC1CNc1nc(Nc2ccc(OC)c(F)c2)nc(OCC2CCCCC2)n1.COc1ccc(N)cc1F.COc1ccc(Nc2nc(Cl)nc(OCC3CCCCC3)n2)cc1F.COc1ccc(Nc2nc(Nc3ccc(OC)c(F)c3)nc(OCC3CCCCC3)n2)cc1F.Clc1nc(Cl)nc(Cl)n1.Clc1nc(Cl)nc(OCC2CCCCC2)n1.OCC1CCCCC1. The van der Waals surface area contributed by atoms with Gasteiger partial charge in [0.25, 0.3) is 0 Å². The van der Waals surface area contributed by atoms with Gasteiger partial charge in [-0.2, -0.15) is 74.8 Å². The van der Waals surface area contributed by atoms with Gasteiger partial charge in [0.05, 0.1) is 62.0 Å². The average Bonchev–Trinajstić information content (AvgIpc) is 0.953. The summed E-state index contributed by atoms with van der Waals surface area (Å²) in [6, 6.07) is 24.2. The van der Waals surface area contributed by atoms with E-state index in [0.29, 0.717) is 115 Å². The van der Waals surface area contributed by atoms with Crippen LogP contribution < -0.4 is 80.7 Å². The van der Waals surface area contributed by atoms with Crippen LogP contribution in [0.5, 0.6) is 52.8 Å². The van der Waals surface area contributed by atoms with E-state index >= 15 is 0 Å². The van der Waals surface area contributed by atoms with E-state index < -0.39 is 29.1 Å². The van der Waals surface area contributed by atoms with E-state index in [1.54, 1.807) is 36.4 Å². The first kappa shape index (κ1) is 126. The average molecular weight is 2190 g/mol. The van der Waals surface area contributed by atoms with Gasteiger partial charge < -0.3 is 85.8 Å². The quantitative estimate of drug-likeness (QED) is 0.0143. The van der Waals surface area contributed by atoms with Crippen LogP contribution in [0.25, 0.3) is 0 Å². The number of aliphatic hydroxyl groups is 1. The summed E-state index contributed by atoms with van der Waals surface area (Å²) in [6.45, 7) is 13.3. The van der Waals surface area contributed by atoms with Gasteiger partial charge in [0.1, 0.15) is 0 Å². The van der Waals surface area contributed by atoms with Gasteiger partial charge in [-0.3, -0.25) is 9.80 Å². The van der Waals surface area contributed by atoms with Gasteiger partial charge in [-0.05, 0) is 276 Å².